The lowest BCUT2D eigenvalue weighted by molar-refractivity contribution is -0.136. The Labute approximate surface area is 135 Å². The fraction of sp³-hybridized carbons (Fsp3) is 0.632. The summed E-state index contributed by atoms with van der Waals surface area (Å²) in [6.45, 7) is 11.3. The fourth-order valence-corrected chi connectivity index (χ4v) is 3.43. The van der Waals surface area contributed by atoms with Crippen molar-refractivity contribution in [3.05, 3.63) is 35.9 Å². The maximum absolute atomic E-state index is 12.4. The number of hydrogen-bond donors (Lipinski definition) is 0. The van der Waals surface area contributed by atoms with Crippen molar-refractivity contribution in [3.63, 3.8) is 0 Å². The van der Waals surface area contributed by atoms with Crippen LogP contribution in [0.25, 0.3) is 0 Å². The molecule has 1 saturated heterocycles. The van der Waals surface area contributed by atoms with Crippen LogP contribution in [0.2, 0.25) is 0 Å². The number of likely N-dealkylation sites (tertiary alicyclic amines) is 1. The number of carbonyl (C=O) groups is 1. The molecule has 0 unspecified atom stereocenters. The zero-order valence-electron chi connectivity index (χ0n) is 14.3. The zero-order chi connectivity index (χ0) is 15.9. The van der Waals surface area contributed by atoms with Crippen LogP contribution in [0.15, 0.2) is 30.3 Å². The molecule has 1 atom stereocenters. The third-order valence-corrected chi connectivity index (χ3v) is 4.91. The first-order valence-corrected chi connectivity index (χ1v) is 8.71. The van der Waals surface area contributed by atoms with E-state index in [2.05, 4.69) is 56.0 Å². The molecule has 3 heteroatoms. The molecule has 1 fully saturated rings. The highest BCUT2D eigenvalue weighted by molar-refractivity contribution is 5.78. The van der Waals surface area contributed by atoms with Crippen LogP contribution in [-0.2, 0) is 4.79 Å². The van der Waals surface area contributed by atoms with Gasteiger partial charge in [0.15, 0.2) is 0 Å². The van der Waals surface area contributed by atoms with Gasteiger partial charge in [0.05, 0.1) is 0 Å². The molecule has 0 bridgehead atoms. The monoisotopic (exact) mass is 302 g/mol. The molecule has 0 radical (unpaired) electrons. The fourth-order valence-electron chi connectivity index (χ4n) is 3.43. The molecule has 0 spiro atoms. The molecule has 0 aromatic heterocycles. The van der Waals surface area contributed by atoms with Gasteiger partial charge in [-0.3, -0.25) is 4.79 Å². The van der Waals surface area contributed by atoms with Gasteiger partial charge in [0.1, 0.15) is 0 Å². The number of benzene rings is 1. The lowest BCUT2D eigenvalue weighted by Gasteiger charge is -2.35. The lowest BCUT2D eigenvalue weighted by Crippen LogP contribution is -2.43. The van der Waals surface area contributed by atoms with Crippen molar-refractivity contribution in [3.8, 4) is 0 Å². The molecule has 0 aliphatic carbocycles. The summed E-state index contributed by atoms with van der Waals surface area (Å²) in [4.78, 5) is 16.9. The van der Waals surface area contributed by atoms with Gasteiger partial charge in [-0.05, 0) is 51.3 Å². The van der Waals surface area contributed by atoms with Crippen LogP contribution in [0.1, 0.15) is 45.1 Å². The SMILES string of the molecule is CCN(CC)C(=O)C1CCN(C[C@H](C)c2ccccc2)CC1. The summed E-state index contributed by atoms with van der Waals surface area (Å²) in [5, 5.41) is 0. The Morgan fingerprint density at radius 3 is 2.32 bits per heavy atom. The van der Waals surface area contributed by atoms with Crippen LogP contribution in [0, 0.1) is 5.92 Å². The smallest absolute Gasteiger partial charge is 0.225 e. The second kappa shape index (κ2) is 8.33. The van der Waals surface area contributed by atoms with Gasteiger partial charge >= 0.3 is 0 Å². The highest BCUT2D eigenvalue weighted by Gasteiger charge is 2.27. The third-order valence-electron chi connectivity index (χ3n) is 4.91. The quantitative estimate of drug-likeness (QED) is 0.804. The minimum atomic E-state index is 0.239. The van der Waals surface area contributed by atoms with Crippen LogP contribution in [0.5, 0.6) is 0 Å². The largest absolute Gasteiger partial charge is 0.343 e. The lowest BCUT2D eigenvalue weighted by atomic mass is 9.93. The van der Waals surface area contributed by atoms with Gasteiger partial charge in [0.2, 0.25) is 5.91 Å². The molecule has 1 aromatic rings. The van der Waals surface area contributed by atoms with Gasteiger partial charge in [-0.1, -0.05) is 37.3 Å². The summed E-state index contributed by atoms with van der Waals surface area (Å²) < 4.78 is 0. The number of carbonyl (C=O) groups excluding carboxylic acids is 1. The Morgan fingerprint density at radius 1 is 1.18 bits per heavy atom. The Bertz CT molecular complexity index is 448. The minimum Gasteiger partial charge on any atom is -0.343 e. The van der Waals surface area contributed by atoms with Gasteiger partial charge in [-0.2, -0.15) is 0 Å². The predicted octanol–water partition coefficient (Wildman–Crippen LogP) is 3.37. The van der Waals surface area contributed by atoms with Crippen molar-refractivity contribution < 1.29 is 4.79 Å². The first-order chi connectivity index (χ1) is 10.7. The predicted molar refractivity (Wildman–Crippen MR) is 91.9 cm³/mol. The molecule has 3 nitrogen and oxygen atoms in total. The maximum atomic E-state index is 12.4. The van der Waals surface area contributed by atoms with Crippen molar-refractivity contribution in [1.29, 1.82) is 0 Å². The summed E-state index contributed by atoms with van der Waals surface area (Å²) in [5.41, 5.74) is 1.41. The van der Waals surface area contributed by atoms with Crippen LogP contribution in [0.3, 0.4) is 0 Å². The van der Waals surface area contributed by atoms with Crippen molar-refractivity contribution >= 4 is 5.91 Å². The number of piperidine rings is 1. The standard InChI is InChI=1S/C19H30N2O/c1-4-21(5-2)19(22)18-11-13-20(14-12-18)15-16(3)17-9-7-6-8-10-17/h6-10,16,18H,4-5,11-15H2,1-3H3/t16-/m0/s1. The van der Waals surface area contributed by atoms with Gasteiger partial charge in [0.25, 0.3) is 0 Å². The summed E-state index contributed by atoms with van der Waals surface area (Å²) in [6.07, 6.45) is 2.02. The van der Waals surface area contributed by atoms with Crippen LogP contribution >= 0.6 is 0 Å². The highest BCUT2D eigenvalue weighted by atomic mass is 16.2. The summed E-state index contributed by atoms with van der Waals surface area (Å²) in [7, 11) is 0. The topological polar surface area (TPSA) is 23.6 Å². The van der Waals surface area contributed by atoms with Crippen LogP contribution in [0.4, 0.5) is 0 Å². The van der Waals surface area contributed by atoms with E-state index in [1.807, 2.05) is 4.90 Å². The molecular formula is C19H30N2O. The number of hydrogen-bond acceptors (Lipinski definition) is 2. The van der Waals surface area contributed by atoms with Crippen molar-refractivity contribution in [2.45, 2.75) is 39.5 Å². The first kappa shape index (κ1) is 17.0. The van der Waals surface area contributed by atoms with E-state index in [1.165, 1.54) is 5.56 Å². The molecule has 1 aliphatic rings. The van der Waals surface area contributed by atoms with Gasteiger partial charge in [-0.25, -0.2) is 0 Å². The minimum absolute atomic E-state index is 0.239. The van der Waals surface area contributed by atoms with E-state index in [-0.39, 0.29) is 5.92 Å². The van der Waals surface area contributed by atoms with Crippen molar-refractivity contribution in [2.24, 2.45) is 5.92 Å². The number of amides is 1. The average Bonchev–Trinajstić information content (AvgIpc) is 2.57. The molecule has 1 aromatic carbocycles. The van der Waals surface area contributed by atoms with Gasteiger partial charge < -0.3 is 9.80 Å². The Balaban J connectivity index is 1.81. The molecule has 0 N–H and O–H groups in total. The van der Waals surface area contributed by atoms with Gasteiger partial charge in [0, 0.05) is 25.6 Å². The van der Waals surface area contributed by atoms with Crippen molar-refractivity contribution in [2.75, 3.05) is 32.7 Å². The Morgan fingerprint density at radius 2 is 1.77 bits per heavy atom. The normalized spacial score (nSPS) is 18.1. The van der Waals surface area contributed by atoms with E-state index in [0.717, 1.165) is 45.6 Å². The van der Waals surface area contributed by atoms with E-state index >= 15 is 0 Å². The molecule has 122 valence electrons. The van der Waals surface area contributed by atoms with E-state index in [9.17, 15) is 4.79 Å². The van der Waals surface area contributed by atoms with E-state index < -0.39 is 0 Å². The van der Waals surface area contributed by atoms with Crippen LogP contribution < -0.4 is 0 Å². The van der Waals surface area contributed by atoms with Crippen LogP contribution in [-0.4, -0.2) is 48.4 Å². The van der Waals surface area contributed by atoms with Gasteiger partial charge in [-0.15, -0.1) is 0 Å². The molecule has 1 heterocycles. The molecule has 2 rings (SSSR count). The van der Waals surface area contributed by atoms with E-state index in [0.29, 0.717) is 11.8 Å². The summed E-state index contributed by atoms with van der Waals surface area (Å²) >= 11 is 0. The zero-order valence-corrected chi connectivity index (χ0v) is 14.3. The second-order valence-corrected chi connectivity index (χ2v) is 6.40. The molecule has 0 saturated carbocycles. The Kier molecular flexibility index (Phi) is 6.44. The average molecular weight is 302 g/mol. The van der Waals surface area contributed by atoms with Crippen molar-refractivity contribution in [1.82, 2.24) is 9.80 Å². The highest BCUT2D eigenvalue weighted by Crippen LogP contribution is 2.23. The molecule has 1 aliphatic heterocycles. The third kappa shape index (κ3) is 4.33. The summed E-state index contributed by atoms with van der Waals surface area (Å²) in [5.74, 6) is 1.15. The number of nitrogens with zero attached hydrogens (tertiary/aromatic N) is 2. The first-order valence-electron chi connectivity index (χ1n) is 8.71. The Hall–Kier alpha value is -1.35. The van der Waals surface area contributed by atoms with E-state index in [1.54, 1.807) is 0 Å². The molecule has 22 heavy (non-hydrogen) atoms. The second-order valence-electron chi connectivity index (χ2n) is 6.40. The maximum Gasteiger partial charge on any atom is 0.225 e. The molecule has 1 amide bonds. The number of rotatable bonds is 6. The summed E-state index contributed by atoms with van der Waals surface area (Å²) in [6, 6.07) is 10.7. The van der Waals surface area contributed by atoms with E-state index in [4.69, 9.17) is 0 Å². The molecular weight excluding hydrogens is 272 g/mol.